The summed E-state index contributed by atoms with van der Waals surface area (Å²) in [5, 5.41) is 4.18. The zero-order valence-corrected chi connectivity index (χ0v) is 14.0. The van der Waals surface area contributed by atoms with Crippen LogP contribution < -0.4 is 9.46 Å². The Labute approximate surface area is 131 Å². The molecule has 7 heteroatoms. The molecular weight excluding hydrogens is 302 g/mol. The fourth-order valence-electron chi connectivity index (χ4n) is 2.18. The molecule has 0 aliphatic carbocycles. The van der Waals surface area contributed by atoms with Crippen LogP contribution >= 0.6 is 0 Å². The highest BCUT2D eigenvalue weighted by molar-refractivity contribution is 7.89. The Morgan fingerprint density at radius 1 is 1.32 bits per heavy atom. The maximum absolute atomic E-state index is 12.5. The molecule has 0 radical (unpaired) electrons. The normalized spacial score (nSPS) is 13.1. The van der Waals surface area contributed by atoms with Gasteiger partial charge < -0.3 is 4.74 Å². The average Bonchev–Trinajstić information content (AvgIpc) is 2.89. The minimum absolute atomic E-state index is 0.217. The van der Waals surface area contributed by atoms with Gasteiger partial charge in [0.15, 0.2) is 0 Å². The van der Waals surface area contributed by atoms with Crippen LogP contribution in [-0.4, -0.2) is 25.3 Å². The van der Waals surface area contributed by atoms with Crippen LogP contribution in [0.3, 0.4) is 0 Å². The zero-order chi connectivity index (χ0) is 16.3. The molecule has 120 valence electrons. The predicted octanol–water partition coefficient (Wildman–Crippen LogP) is 2.26. The lowest BCUT2D eigenvalue weighted by Gasteiger charge is -2.14. The number of ether oxygens (including phenoxy) is 1. The van der Waals surface area contributed by atoms with Crippen LogP contribution in [0.5, 0.6) is 5.75 Å². The highest BCUT2D eigenvalue weighted by Gasteiger charge is 2.22. The van der Waals surface area contributed by atoms with Gasteiger partial charge in [0.1, 0.15) is 10.6 Å². The van der Waals surface area contributed by atoms with Crippen molar-refractivity contribution in [2.75, 3.05) is 7.11 Å². The average molecular weight is 323 g/mol. The Morgan fingerprint density at radius 2 is 1.95 bits per heavy atom. The van der Waals surface area contributed by atoms with Crippen molar-refractivity contribution in [1.29, 1.82) is 0 Å². The molecule has 1 unspecified atom stereocenters. The van der Waals surface area contributed by atoms with Gasteiger partial charge in [0.05, 0.1) is 12.8 Å². The van der Waals surface area contributed by atoms with E-state index in [1.54, 1.807) is 44.0 Å². The summed E-state index contributed by atoms with van der Waals surface area (Å²) in [6.45, 7) is 6.04. The molecule has 1 heterocycles. The van der Waals surface area contributed by atoms with Crippen molar-refractivity contribution in [2.45, 2.75) is 38.3 Å². The minimum atomic E-state index is -3.61. The summed E-state index contributed by atoms with van der Waals surface area (Å²) in [5.41, 5.74) is 1.36. The monoisotopic (exact) mass is 323 g/mol. The summed E-state index contributed by atoms with van der Waals surface area (Å²) >= 11 is 0. The fraction of sp³-hybridized carbons (Fsp3) is 0.400. The first-order valence-corrected chi connectivity index (χ1v) is 8.56. The van der Waals surface area contributed by atoms with Crippen molar-refractivity contribution in [3.8, 4) is 5.75 Å². The summed E-state index contributed by atoms with van der Waals surface area (Å²) in [7, 11) is -2.02. The lowest BCUT2D eigenvalue weighted by molar-refractivity contribution is 0.414. The van der Waals surface area contributed by atoms with E-state index in [2.05, 4.69) is 9.82 Å². The van der Waals surface area contributed by atoms with Crippen LogP contribution in [0.1, 0.15) is 31.1 Å². The second kappa shape index (κ2) is 6.50. The quantitative estimate of drug-likeness (QED) is 0.885. The molecule has 1 atom stereocenters. The smallest absolute Gasteiger partial charge is 0.244 e. The maximum atomic E-state index is 12.5. The Bertz CT molecular complexity index is 736. The summed E-state index contributed by atoms with van der Waals surface area (Å²) < 4.78 is 34.4. The molecular formula is C15H21N3O3S. The first-order valence-electron chi connectivity index (χ1n) is 7.07. The van der Waals surface area contributed by atoms with E-state index in [0.717, 1.165) is 11.3 Å². The van der Waals surface area contributed by atoms with Crippen molar-refractivity contribution in [3.05, 3.63) is 41.7 Å². The van der Waals surface area contributed by atoms with E-state index in [0.29, 0.717) is 12.2 Å². The highest BCUT2D eigenvalue weighted by Crippen LogP contribution is 2.21. The maximum Gasteiger partial charge on any atom is 0.244 e. The molecule has 0 spiro atoms. The van der Waals surface area contributed by atoms with Crippen LogP contribution in [0.2, 0.25) is 0 Å². The number of nitrogens with one attached hydrogen (secondary N) is 1. The van der Waals surface area contributed by atoms with Crippen molar-refractivity contribution < 1.29 is 13.2 Å². The van der Waals surface area contributed by atoms with Gasteiger partial charge in [0.2, 0.25) is 10.0 Å². The molecule has 0 saturated heterocycles. The third-order valence-electron chi connectivity index (χ3n) is 3.46. The number of aryl methyl sites for hydroxylation is 2. The number of rotatable bonds is 6. The molecule has 0 fully saturated rings. The standard InChI is InChI=1S/C15H21N3O3S/c1-5-18-10-15(12(3)16-18)22(19,20)17-11(2)13-6-8-14(21-4)9-7-13/h6-11,17H,5H2,1-4H3. The van der Waals surface area contributed by atoms with Gasteiger partial charge in [-0.05, 0) is 38.5 Å². The first-order chi connectivity index (χ1) is 10.4. The Balaban J connectivity index is 2.21. The van der Waals surface area contributed by atoms with Crippen molar-refractivity contribution in [1.82, 2.24) is 14.5 Å². The van der Waals surface area contributed by atoms with Crippen molar-refractivity contribution >= 4 is 10.0 Å². The molecule has 0 amide bonds. The molecule has 6 nitrogen and oxygen atoms in total. The lowest BCUT2D eigenvalue weighted by atomic mass is 10.1. The van der Waals surface area contributed by atoms with Crippen molar-refractivity contribution in [2.24, 2.45) is 0 Å². The van der Waals surface area contributed by atoms with Crippen LogP contribution in [0.25, 0.3) is 0 Å². The highest BCUT2D eigenvalue weighted by atomic mass is 32.2. The predicted molar refractivity (Wildman–Crippen MR) is 84.4 cm³/mol. The number of sulfonamides is 1. The van der Waals surface area contributed by atoms with Gasteiger partial charge in [0, 0.05) is 18.8 Å². The second-order valence-corrected chi connectivity index (χ2v) is 6.73. The van der Waals surface area contributed by atoms with Gasteiger partial charge in [0.25, 0.3) is 0 Å². The van der Waals surface area contributed by atoms with Gasteiger partial charge in [-0.1, -0.05) is 12.1 Å². The molecule has 0 aliphatic rings. The molecule has 0 aliphatic heterocycles. The lowest BCUT2D eigenvalue weighted by Crippen LogP contribution is -2.27. The summed E-state index contributed by atoms with van der Waals surface area (Å²) in [4.78, 5) is 0.217. The Morgan fingerprint density at radius 3 is 2.45 bits per heavy atom. The SMILES string of the molecule is CCn1cc(S(=O)(=O)NC(C)c2ccc(OC)cc2)c(C)n1. The molecule has 0 bridgehead atoms. The number of methoxy groups -OCH3 is 1. The first kappa shape index (κ1) is 16.5. The second-order valence-electron chi connectivity index (χ2n) is 5.05. The van der Waals surface area contributed by atoms with E-state index in [9.17, 15) is 8.42 Å². The number of hydrogen-bond donors (Lipinski definition) is 1. The van der Waals surface area contributed by atoms with Crippen LogP contribution in [0, 0.1) is 6.92 Å². The van der Waals surface area contributed by atoms with Crippen molar-refractivity contribution in [3.63, 3.8) is 0 Å². The minimum Gasteiger partial charge on any atom is -0.497 e. The third-order valence-corrected chi connectivity index (χ3v) is 5.11. The fourth-order valence-corrected chi connectivity index (χ4v) is 3.60. The number of benzene rings is 1. The van der Waals surface area contributed by atoms with E-state index < -0.39 is 10.0 Å². The van der Waals surface area contributed by atoms with Gasteiger partial charge in [-0.15, -0.1) is 0 Å². The number of hydrogen-bond acceptors (Lipinski definition) is 4. The van der Waals surface area contributed by atoms with Crippen LogP contribution in [0.4, 0.5) is 0 Å². The van der Waals surface area contributed by atoms with Gasteiger partial charge in [-0.25, -0.2) is 13.1 Å². The van der Waals surface area contributed by atoms with E-state index in [1.807, 2.05) is 19.1 Å². The largest absolute Gasteiger partial charge is 0.497 e. The van der Waals surface area contributed by atoms with Gasteiger partial charge in [-0.2, -0.15) is 5.10 Å². The summed E-state index contributed by atoms with van der Waals surface area (Å²) in [5.74, 6) is 0.735. The summed E-state index contributed by atoms with van der Waals surface area (Å²) in [6, 6.07) is 6.95. The van der Waals surface area contributed by atoms with Crippen LogP contribution in [-0.2, 0) is 16.6 Å². The molecule has 22 heavy (non-hydrogen) atoms. The topological polar surface area (TPSA) is 73.2 Å². The molecule has 2 rings (SSSR count). The molecule has 0 saturated carbocycles. The number of aromatic nitrogens is 2. The molecule has 2 aromatic rings. The Kier molecular flexibility index (Phi) is 4.87. The van der Waals surface area contributed by atoms with Crippen LogP contribution in [0.15, 0.2) is 35.4 Å². The summed E-state index contributed by atoms with van der Waals surface area (Å²) in [6.07, 6.45) is 1.55. The third kappa shape index (κ3) is 3.48. The Hall–Kier alpha value is -1.86. The molecule has 1 aromatic carbocycles. The number of nitrogens with zero attached hydrogens (tertiary/aromatic N) is 2. The van der Waals surface area contributed by atoms with Gasteiger partial charge in [-0.3, -0.25) is 4.68 Å². The van der Waals surface area contributed by atoms with E-state index >= 15 is 0 Å². The van der Waals surface area contributed by atoms with Gasteiger partial charge >= 0.3 is 0 Å². The van der Waals surface area contributed by atoms with E-state index in [1.165, 1.54) is 0 Å². The zero-order valence-electron chi connectivity index (χ0n) is 13.2. The van der Waals surface area contributed by atoms with E-state index in [-0.39, 0.29) is 10.9 Å². The molecule has 1 N–H and O–H groups in total. The van der Waals surface area contributed by atoms with E-state index in [4.69, 9.17) is 4.74 Å². The molecule has 1 aromatic heterocycles.